The Morgan fingerprint density at radius 3 is 2.47 bits per heavy atom. The van der Waals surface area contributed by atoms with Gasteiger partial charge in [-0.05, 0) is 31.5 Å². The third kappa shape index (κ3) is 3.11. The van der Waals surface area contributed by atoms with Crippen LogP contribution in [0.15, 0.2) is 16.6 Å². The average molecular weight is 275 g/mol. The van der Waals surface area contributed by atoms with Gasteiger partial charge in [-0.1, -0.05) is 15.9 Å². The Bertz CT molecular complexity index is 337. The summed E-state index contributed by atoms with van der Waals surface area (Å²) in [7, 11) is 1.59. The fraction of sp³-hybridized carbons (Fsp3) is 0.455. The molecule has 0 saturated heterocycles. The highest BCUT2D eigenvalue weighted by molar-refractivity contribution is 9.10. The van der Waals surface area contributed by atoms with Gasteiger partial charge in [-0.15, -0.1) is 0 Å². The van der Waals surface area contributed by atoms with Crippen molar-refractivity contribution in [2.75, 3.05) is 7.11 Å². The summed E-state index contributed by atoms with van der Waals surface area (Å²) in [6.45, 7) is 3.86. The first-order valence-corrected chi connectivity index (χ1v) is 5.51. The molecule has 1 N–H and O–H groups in total. The van der Waals surface area contributed by atoms with E-state index in [1.165, 1.54) is 0 Å². The lowest BCUT2D eigenvalue weighted by molar-refractivity contribution is 0.228. The molecule has 0 unspecified atom stereocenters. The molecule has 0 aliphatic rings. The second-order valence-electron chi connectivity index (χ2n) is 3.42. The summed E-state index contributed by atoms with van der Waals surface area (Å²) in [5.41, 5.74) is 0.784. The molecule has 84 valence electrons. The molecule has 0 heterocycles. The highest BCUT2D eigenvalue weighted by Gasteiger charge is 2.10. The second kappa shape index (κ2) is 5.37. The van der Waals surface area contributed by atoms with Crippen LogP contribution in [0.25, 0.3) is 0 Å². The monoisotopic (exact) mass is 274 g/mol. The van der Waals surface area contributed by atoms with E-state index in [-0.39, 0.29) is 12.7 Å². The van der Waals surface area contributed by atoms with Crippen LogP contribution < -0.4 is 9.47 Å². The number of benzene rings is 1. The van der Waals surface area contributed by atoms with Gasteiger partial charge in [-0.25, -0.2) is 0 Å². The number of ether oxygens (including phenoxy) is 2. The van der Waals surface area contributed by atoms with Gasteiger partial charge in [0.05, 0.1) is 19.8 Å². The van der Waals surface area contributed by atoms with Gasteiger partial charge in [-0.2, -0.15) is 0 Å². The summed E-state index contributed by atoms with van der Waals surface area (Å²) in [5, 5.41) is 9.11. The molecular formula is C11H15BrO3. The number of aliphatic hydroxyl groups excluding tert-OH is 1. The Morgan fingerprint density at radius 2 is 2.00 bits per heavy atom. The zero-order chi connectivity index (χ0) is 11.4. The minimum atomic E-state index is -0.0287. The molecule has 1 aromatic carbocycles. The van der Waals surface area contributed by atoms with Gasteiger partial charge in [0.1, 0.15) is 0 Å². The molecule has 1 rings (SSSR count). The minimum Gasteiger partial charge on any atom is -0.493 e. The first-order valence-electron chi connectivity index (χ1n) is 4.72. The number of hydrogen-bond acceptors (Lipinski definition) is 3. The van der Waals surface area contributed by atoms with E-state index < -0.39 is 0 Å². The summed E-state index contributed by atoms with van der Waals surface area (Å²) in [6.07, 6.45) is 0.0756. The SMILES string of the molecule is COc1cc(Br)c(CO)cc1OC(C)C. The van der Waals surface area contributed by atoms with Crippen molar-refractivity contribution in [3.05, 3.63) is 22.2 Å². The van der Waals surface area contributed by atoms with Gasteiger partial charge < -0.3 is 14.6 Å². The van der Waals surface area contributed by atoms with Crippen molar-refractivity contribution in [3.8, 4) is 11.5 Å². The largest absolute Gasteiger partial charge is 0.493 e. The van der Waals surface area contributed by atoms with Gasteiger partial charge >= 0.3 is 0 Å². The molecule has 0 radical (unpaired) electrons. The van der Waals surface area contributed by atoms with E-state index in [0.29, 0.717) is 11.5 Å². The average Bonchev–Trinajstić information content (AvgIpc) is 2.19. The standard InChI is InChI=1S/C11H15BrO3/c1-7(2)15-11-4-8(6-13)9(12)5-10(11)14-3/h4-5,7,13H,6H2,1-3H3. The Labute approximate surface area is 98.1 Å². The van der Waals surface area contributed by atoms with Crippen molar-refractivity contribution in [1.29, 1.82) is 0 Å². The number of hydrogen-bond donors (Lipinski definition) is 1. The molecule has 0 aliphatic heterocycles. The Morgan fingerprint density at radius 1 is 1.33 bits per heavy atom. The Hall–Kier alpha value is -0.740. The predicted molar refractivity (Wildman–Crippen MR) is 62.4 cm³/mol. The summed E-state index contributed by atoms with van der Waals surface area (Å²) in [5.74, 6) is 1.31. The topological polar surface area (TPSA) is 38.7 Å². The zero-order valence-corrected chi connectivity index (χ0v) is 10.7. The van der Waals surface area contributed by atoms with Crippen LogP contribution >= 0.6 is 15.9 Å². The molecule has 0 fully saturated rings. The van der Waals surface area contributed by atoms with Crippen LogP contribution in [-0.2, 0) is 6.61 Å². The van der Waals surface area contributed by atoms with Gasteiger partial charge in [-0.3, -0.25) is 0 Å². The molecule has 0 amide bonds. The number of aliphatic hydroxyl groups is 1. The summed E-state index contributed by atoms with van der Waals surface area (Å²) < 4.78 is 11.6. The molecule has 4 heteroatoms. The van der Waals surface area contributed by atoms with E-state index in [1.54, 1.807) is 19.2 Å². The van der Waals surface area contributed by atoms with Crippen molar-refractivity contribution in [3.63, 3.8) is 0 Å². The fourth-order valence-corrected chi connectivity index (χ4v) is 1.65. The van der Waals surface area contributed by atoms with Gasteiger partial charge in [0, 0.05) is 4.47 Å². The Kier molecular flexibility index (Phi) is 4.42. The lowest BCUT2D eigenvalue weighted by Gasteiger charge is -2.15. The molecule has 0 aliphatic carbocycles. The van der Waals surface area contributed by atoms with Crippen LogP contribution in [0.5, 0.6) is 11.5 Å². The maximum atomic E-state index is 9.11. The van der Waals surface area contributed by atoms with E-state index in [2.05, 4.69) is 15.9 Å². The molecule has 0 bridgehead atoms. The lowest BCUT2D eigenvalue weighted by atomic mass is 10.2. The quantitative estimate of drug-likeness (QED) is 0.918. The molecule has 0 atom stereocenters. The maximum Gasteiger partial charge on any atom is 0.161 e. The zero-order valence-electron chi connectivity index (χ0n) is 9.08. The molecular weight excluding hydrogens is 260 g/mol. The summed E-state index contributed by atoms with van der Waals surface area (Å²) >= 11 is 3.35. The number of methoxy groups -OCH3 is 1. The third-order valence-corrected chi connectivity index (χ3v) is 2.60. The maximum absolute atomic E-state index is 9.11. The summed E-state index contributed by atoms with van der Waals surface area (Å²) in [6, 6.07) is 3.58. The number of rotatable bonds is 4. The van der Waals surface area contributed by atoms with Crippen LogP contribution in [0.3, 0.4) is 0 Å². The first-order chi connectivity index (χ1) is 7.08. The molecule has 0 spiro atoms. The van der Waals surface area contributed by atoms with Gasteiger partial charge in [0.25, 0.3) is 0 Å². The highest BCUT2D eigenvalue weighted by Crippen LogP contribution is 2.34. The van der Waals surface area contributed by atoms with Crippen molar-refractivity contribution >= 4 is 15.9 Å². The van der Waals surface area contributed by atoms with Crippen molar-refractivity contribution in [2.24, 2.45) is 0 Å². The predicted octanol–water partition coefficient (Wildman–Crippen LogP) is 2.74. The Balaban J connectivity index is 3.10. The minimum absolute atomic E-state index is 0.0287. The highest BCUT2D eigenvalue weighted by atomic mass is 79.9. The van der Waals surface area contributed by atoms with E-state index in [1.807, 2.05) is 13.8 Å². The van der Waals surface area contributed by atoms with Crippen molar-refractivity contribution in [2.45, 2.75) is 26.6 Å². The summed E-state index contributed by atoms with van der Waals surface area (Å²) in [4.78, 5) is 0. The van der Waals surface area contributed by atoms with Gasteiger partial charge in [0.2, 0.25) is 0 Å². The van der Waals surface area contributed by atoms with E-state index in [9.17, 15) is 0 Å². The lowest BCUT2D eigenvalue weighted by Crippen LogP contribution is -2.07. The van der Waals surface area contributed by atoms with Crippen molar-refractivity contribution < 1.29 is 14.6 Å². The second-order valence-corrected chi connectivity index (χ2v) is 4.27. The fourth-order valence-electron chi connectivity index (χ4n) is 1.20. The molecule has 15 heavy (non-hydrogen) atoms. The first kappa shape index (κ1) is 12.3. The van der Waals surface area contributed by atoms with Crippen molar-refractivity contribution in [1.82, 2.24) is 0 Å². The number of halogens is 1. The van der Waals surface area contributed by atoms with E-state index in [0.717, 1.165) is 10.0 Å². The van der Waals surface area contributed by atoms with Crippen LogP contribution in [0.1, 0.15) is 19.4 Å². The molecule has 0 aromatic heterocycles. The van der Waals surface area contributed by atoms with Crippen LogP contribution in [0.2, 0.25) is 0 Å². The third-order valence-electron chi connectivity index (χ3n) is 1.87. The van der Waals surface area contributed by atoms with Crippen LogP contribution in [0.4, 0.5) is 0 Å². The normalized spacial score (nSPS) is 10.5. The van der Waals surface area contributed by atoms with Gasteiger partial charge in [0.15, 0.2) is 11.5 Å². The van der Waals surface area contributed by atoms with Crippen LogP contribution in [-0.4, -0.2) is 18.3 Å². The molecule has 0 saturated carbocycles. The molecule has 1 aromatic rings. The van der Waals surface area contributed by atoms with E-state index in [4.69, 9.17) is 14.6 Å². The van der Waals surface area contributed by atoms with E-state index >= 15 is 0 Å². The molecule has 3 nitrogen and oxygen atoms in total. The smallest absolute Gasteiger partial charge is 0.161 e. The van der Waals surface area contributed by atoms with Crippen LogP contribution in [0, 0.1) is 0 Å².